The molecule has 19 heavy (non-hydrogen) atoms. The predicted octanol–water partition coefficient (Wildman–Crippen LogP) is 4.45. The maximum absolute atomic E-state index is 3.58. The topological polar surface area (TPSA) is 12.0 Å². The highest BCUT2D eigenvalue weighted by Crippen LogP contribution is 2.43. The highest BCUT2D eigenvalue weighted by molar-refractivity contribution is 5.30. The van der Waals surface area contributed by atoms with Crippen LogP contribution in [-0.4, -0.2) is 13.1 Å². The zero-order valence-electron chi connectivity index (χ0n) is 12.2. The Balaban J connectivity index is 1.56. The van der Waals surface area contributed by atoms with E-state index in [4.69, 9.17) is 0 Å². The van der Waals surface area contributed by atoms with Crippen molar-refractivity contribution in [1.82, 2.24) is 5.32 Å². The van der Waals surface area contributed by atoms with E-state index >= 15 is 0 Å². The zero-order chi connectivity index (χ0) is 13.1. The Bertz CT molecular complexity index is 391. The normalized spacial score (nSPS) is 26.8. The van der Waals surface area contributed by atoms with E-state index in [9.17, 15) is 0 Å². The van der Waals surface area contributed by atoms with Crippen LogP contribution in [0.5, 0.6) is 0 Å². The van der Waals surface area contributed by atoms with Crippen LogP contribution in [0, 0.1) is 5.92 Å². The van der Waals surface area contributed by atoms with Gasteiger partial charge >= 0.3 is 0 Å². The molecule has 104 valence electrons. The van der Waals surface area contributed by atoms with Gasteiger partial charge in [0.2, 0.25) is 0 Å². The van der Waals surface area contributed by atoms with Crippen molar-refractivity contribution < 1.29 is 0 Å². The second-order valence-corrected chi connectivity index (χ2v) is 6.44. The van der Waals surface area contributed by atoms with Crippen LogP contribution in [0.25, 0.3) is 0 Å². The van der Waals surface area contributed by atoms with E-state index in [1.807, 2.05) is 0 Å². The highest BCUT2D eigenvalue weighted by Gasteiger charge is 2.31. The highest BCUT2D eigenvalue weighted by atomic mass is 14.9. The van der Waals surface area contributed by atoms with Gasteiger partial charge in [0.05, 0.1) is 0 Å². The van der Waals surface area contributed by atoms with E-state index in [0.717, 1.165) is 17.8 Å². The first kappa shape index (κ1) is 13.2. The van der Waals surface area contributed by atoms with E-state index in [2.05, 4.69) is 36.5 Å². The summed E-state index contributed by atoms with van der Waals surface area (Å²) < 4.78 is 0. The van der Waals surface area contributed by atoms with Gasteiger partial charge in [-0.25, -0.2) is 0 Å². The van der Waals surface area contributed by atoms with Crippen molar-refractivity contribution in [3.63, 3.8) is 0 Å². The third-order valence-corrected chi connectivity index (χ3v) is 5.19. The molecular weight excluding hydrogens is 230 g/mol. The molecule has 2 atom stereocenters. The van der Waals surface area contributed by atoms with Crippen LogP contribution in [0.3, 0.4) is 0 Å². The molecule has 2 aliphatic rings. The molecule has 1 N–H and O–H groups in total. The fourth-order valence-electron chi connectivity index (χ4n) is 3.47. The lowest BCUT2D eigenvalue weighted by Gasteiger charge is -2.37. The van der Waals surface area contributed by atoms with Crippen LogP contribution in [0.4, 0.5) is 0 Å². The van der Waals surface area contributed by atoms with Crippen molar-refractivity contribution in [2.75, 3.05) is 13.1 Å². The Morgan fingerprint density at radius 2 is 1.74 bits per heavy atom. The third kappa shape index (κ3) is 2.86. The van der Waals surface area contributed by atoms with Gasteiger partial charge in [-0.15, -0.1) is 0 Å². The molecule has 2 fully saturated rings. The molecule has 3 rings (SSSR count). The lowest BCUT2D eigenvalue weighted by molar-refractivity contribution is 0.246. The molecule has 1 heteroatoms. The van der Waals surface area contributed by atoms with Gasteiger partial charge in [-0.1, -0.05) is 37.6 Å². The lowest BCUT2D eigenvalue weighted by atomic mass is 9.69. The quantitative estimate of drug-likeness (QED) is 0.743. The summed E-state index contributed by atoms with van der Waals surface area (Å²) in [5.74, 6) is 2.57. The molecule has 1 aromatic carbocycles. The van der Waals surface area contributed by atoms with Gasteiger partial charge in [-0.3, -0.25) is 0 Å². The maximum Gasteiger partial charge on any atom is -0.00147 e. The summed E-state index contributed by atoms with van der Waals surface area (Å²) in [6.45, 7) is 4.62. The Hall–Kier alpha value is -0.820. The molecule has 0 heterocycles. The Labute approximate surface area is 117 Å². The van der Waals surface area contributed by atoms with Crippen LogP contribution in [0.2, 0.25) is 0 Å². The van der Waals surface area contributed by atoms with Crippen LogP contribution in [0.1, 0.15) is 68.4 Å². The summed E-state index contributed by atoms with van der Waals surface area (Å²) >= 11 is 0. The van der Waals surface area contributed by atoms with Gasteiger partial charge in [-0.2, -0.15) is 0 Å². The van der Waals surface area contributed by atoms with Gasteiger partial charge in [0.25, 0.3) is 0 Å². The Morgan fingerprint density at radius 3 is 2.26 bits per heavy atom. The average molecular weight is 257 g/mol. The minimum Gasteiger partial charge on any atom is -0.316 e. The largest absolute Gasteiger partial charge is 0.316 e. The summed E-state index contributed by atoms with van der Waals surface area (Å²) in [5.41, 5.74) is 3.16. The van der Waals surface area contributed by atoms with Gasteiger partial charge in [-0.05, 0) is 74.1 Å². The van der Waals surface area contributed by atoms with Crippen molar-refractivity contribution >= 4 is 0 Å². The minimum atomic E-state index is 0.819. The molecule has 2 aliphatic carbocycles. The summed E-state index contributed by atoms with van der Waals surface area (Å²) in [4.78, 5) is 0. The van der Waals surface area contributed by atoms with Crippen LogP contribution in [-0.2, 0) is 0 Å². The first-order valence-corrected chi connectivity index (χ1v) is 8.19. The first-order chi connectivity index (χ1) is 9.38. The van der Waals surface area contributed by atoms with E-state index in [-0.39, 0.29) is 0 Å². The molecule has 0 bridgehead atoms. The average Bonchev–Trinajstić information content (AvgIpc) is 2.33. The number of rotatable bonds is 6. The fourth-order valence-corrected chi connectivity index (χ4v) is 3.47. The standard InChI is InChI=1S/C18H27N/c1-2-12-19-13-17-10-11-18(17)16-8-6-15(7-9-16)14-4-3-5-14/h6-9,14,17-19H,2-5,10-13H2,1H3. The third-order valence-electron chi connectivity index (χ3n) is 5.19. The summed E-state index contributed by atoms with van der Waals surface area (Å²) in [6, 6.07) is 9.61. The smallest absolute Gasteiger partial charge is 0.00147 e. The molecule has 0 saturated heterocycles. The molecule has 0 spiro atoms. The van der Waals surface area contributed by atoms with Crippen molar-refractivity contribution in [3.8, 4) is 0 Å². The SMILES string of the molecule is CCCNCC1CCC1c1ccc(C2CCC2)cc1. The lowest BCUT2D eigenvalue weighted by Crippen LogP contribution is -2.34. The monoisotopic (exact) mass is 257 g/mol. The number of hydrogen-bond donors (Lipinski definition) is 1. The number of nitrogens with one attached hydrogen (secondary N) is 1. The van der Waals surface area contributed by atoms with Crippen LogP contribution < -0.4 is 5.32 Å². The zero-order valence-corrected chi connectivity index (χ0v) is 12.2. The summed E-state index contributed by atoms with van der Waals surface area (Å²) in [6.07, 6.45) is 8.29. The predicted molar refractivity (Wildman–Crippen MR) is 81.7 cm³/mol. The van der Waals surface area contributed by atoms with Crippen LogP contribution in [0.15, 0.2) is 24.3 Å². The molecule has 2 unspecified atom stereocenters. The van der Waals surface area contributed by atoms with Crippen molar-refractivity contribution in [2.24, 2.45) is 5.92 Å². The second kappa shape index (κ2) is 6.09. The summed E-state index contributed by atoms with van der Waals surface area (Å²) in [7, 11) is 0. The Morgan fingerprint density at radius 1 is 1.00 bits per heavy atom. The molecule has 0 radical (unpaired) electrons. The minimum absolute atomic E-state index is 0.819. The molecular formula is C18H27N. The Kier molecular flexibility index (Phi) is 4.22. The van der Waals surface area contributed by atoms with E-state index in [1.165, 1.54) is 51.6 Å². The van der Waals surface area contributed by atoms with E-state index in [0.29, 0.717) is 0 Å². The fraction of sp³-hybridized carbons (Fsp3) is 0.667. The van der Waals surface area contributed by atoms with Gasteiger partial charge in [0.1, 0.15) is 0 Å². The van der Waals surface area contributed by atoms with Crippen LogP contribution >= 0.6 is 0 Å². The maximum atomic E-state index is 3.58. The second-order valence-electron chi connectivity index (χ2n) is 6.44. The number of benzene rings is 1. The molecule has 0 amide bonds. The van der Waals surface area contributed by atoms with Gasteiger partial charge in [0, 0.05) is 0 Å². The molecule has 2 saturated carbocycles. The van der Waals surface area contributed by atoms with Crippen molar-refractivity contribution in [1.29, 1.82) is 0 Å². The molecule has 1 aromatic rings. The molecule has 1 nitrogen and oxygen atoms in total. The van der Waals surface area contributed by atoms with Gasteiger partial charge < -0.3 is 5.32 Å². The summed E-state index contributed by atoms with van der Waals surface area (Å²) in [5, 5.41) is 3.58. The van der Waals surface area contributed by atoms with E-state index < -0.39 is 0 Å². The first-order valence-electron chi connectivity index (χ1n) is 8.19. The van der Waals surface area contributed by atoms with Crippen molar-refractivity contribution in [3.05, 3.63) is 35.4 Å². The molecule has 0 aliphatic heterocycles. The molecule has 0 aromatic heterocycles. The van der Waals surface area contributed by atoms with Crippen molar-refractivity contribution in [2.45, 2.75) is 57.3 Å². The van der Waals surface area contributed by atoms with Gasteiger partial charge in [0.15, 0.2) is 0 Å². The van der Waals surface area contributed by atoms with E-state index in [1.54, 1.807) is 11.1 Å². The number of hydrogen-bond acceptors (Lipinski definition) is 1.